The SMILES string of the molecule is CN(CCC1(CN)CCCCC1)Cc1ccccc1Cl. The van der Waals surface area contributed by atoms with E-state index in [9.17, 15) is 0 Å². The molecule has 1 aromatic rings. The second-order valence-electron chi connectivity index (χ2n) is 6.34. The van der Waals surface area contributed by atoms with E-state index in [-0.39, 0.29) is 0 Å². The standard InChI is InChI=1S/C17H27ClN2/c1-20(13-15-7-3-4-8-16(15)18)12-11-17(14-19)9-5-2-6-10-17/h3-4,7-8H,2,5-6,9-14,19H2,1H3. The summed E-state index contributed by atoms with van der Waals surface area (Å²) in [7, 11) is 2.18. The number of rotatable bonds is 6. The van der Waals surface area contributed by atoms with E-state index in [2.05, 4.69) is 24.1 Å². The Labute approximate surface area is 128 Å². The number of hydrogen-bond donors (Lipinski definition) is 1. The lowest BCUT2D eigenvalue weighted by Crippen LogP contribution is -2.36. The van der Waals surface area contributed by atoms with Crippen LogP contribution in [0.4, 0.5) is 0 Å². The van der Waals surface area contributed by atoms with Crippen molar-refractivity contribution in [2.24, 2.45) is 11.1 Å². The molecule has 0 radical (unpaired) electrons. The van der Waals surface area contributed by atoms with Crippen LogP contribution in [0.3, 0.4) is 0 Å². The third-order valence-electron chi connectivity index (χ3n) is 4.77. The van der Waals surface area contributed by atoms with Gasteiger partial charge in [-0.3, -0.25) is 0 Å². The second-order valence-corrected chi connectivity index (χ2v) is 6.75. The molecular weight excluding hydrogens is 268 g/mol. The summed E-state index contributed by atoms with van der Waals surface area (Å²) in [6.45, 7) is 2.86. The van der Waals surface area contributed by atoms with Gasteiger partial charge in [0.1, 0.15) is 0 Å². The van der Waals surface area contributed by atoms with Crippen molar-refractivity contribution in [2.45, 2.75) is 45.1 Å². The van der Waals surface area contributed by atoms with Gasteiger partial charge in [-0.25, -0.2) is 0 Å². The van der Waals surface area contributed by atoms with Crippen LogP contribution in [0.15, 0.2) is 24.3 Å². The van der Waals surface area contributed by atoms with Gasteiger partial charge in [-0.05, 0) is 56.4 Å². The highest BCUT2D eigenvalue weighted by atomic mass is 35.5. The summed E-state index contributed by atoms with van der Waals surface area (Å²) in [6.07, 6.45) is 7.92. The zero-order valence-corrected chi connectivity index (χ0v) is 13.3. The van der Waals surface area contributed by atoms with Gasteiger partial charge in [0, 0.05) is 11.6 Å². The predicted molar refractivity (Wildman–Crippen MR) is 87.0 cm³/mol. The lowest BCUT2D eigenvalue weighted by molar-refractivity contribution is 0.154. The number of nitrogens with two attached hydrogens (primary N) is 1. The minimum Gasteiger partial charge on any atom is -0.330 e. The highest BCUT2D eigenvalue weighted by Crippen LogP contribution is 2.38. The van der Waals surface area contributed by atoms with Gasteiger partial charge in [-0.2, -0.15) is 0 Å². The monoisotopic (exact) mass is 294 g/mol. The Morgan fingerprint density at radius 1 is 1.20 bits per heavy atom. The quantitative estimate of drug-likeness (QED) is 0.857. The highest BCUT2D eigenvalue weighted by molar-refractivity contribution is 6.31. The van der Waals surface area contributed by atoms with Crippen LogP contribution in [0.1, 0.15) is 44.1 Å². The first kappa shape index (κ1) is 15.8. The van der Waals surface area contributed by atoms with Crippen molar-refractivity contribution in [3.63, 3.8) is 0 Å². The van der Waals surface area contributed by atoms with Crippen LogP contribution >= 0.6 is 11.6 Å². The lowest BCUT2D eigenvalue weighted by atomic mass is 9.72. The van der Waals surface area contributed by atoms with Crippen LogP contribution in [-0.4, -0.2) is 25.0 Å². The predicted octanol–water partition coefficient (Wildman–Crippen LogP) is 4.07. The molecule has 1 saturated carbocycles. The molecule has 0 unspecified atom stereocenters. The van der Waals surface area contributed by atoms with E-state index < -0.39 is 0 Å². The van der Waals surface area contributed by atoms with Crippen LogP contribution in [0.5, 0.6) is 0 Å². The minimum atomic E-state index is 0.396. The molecule has 20 heavy (non-hydrogen) atoms. The van der Waals surface area contributed by atoms with E-state index in [0.717, 1.165) is 24.7 Å². The van der Waals surface area contributed by atoms with Crippen LogP contribution in [-0.2, 0) is 6.54 Å². The summed E-state index contributed by atoms with van der Waals surface area (Å²) < 4.78 is 0. The average Bonchev–Trinajstić information content (AvgIpc) is 2.49. The summed E-state index contributed by atoms with van der Waals surface area (Å²) in [5.74, 6) is 0. The Bertz CT molecular complexity index is 413. The van der Waals surface area contributed by atoms with Gasteiger partial charge < -0.3 is 10.6 Å². The first-order valence-corrected chi connectivity index (χ1v) is 8.15. The van der Waals surface area contributed by atoms with E-state index in [1.54, 1.807) is 0 Å². The molecule has 0 heterocycles. The molecule has 2 rings (SSSR count). The summed E-state index contributed by atoms with van der Waals surface area (Å²) in [5.41, 5.74) is 7.67. The van der Waals surface area contributed by atoms with E-state index in [1.165, 1.54) is 44.1 Å². The summed E-state index contributed by atoms with van der Waals surface area (Å²) >= 11 is 6.23. The summed E-state index contributed by atoms with van der Waals surface area (Å²) in [6, 6.07) is 8.11. The van der Waals surface area contributed by atoms with E-state index in [1.807, 2.05) is 12.1 Å². The molecule has 1 fully saturated rings. The zero-order chi connectivity index (χ0) is 14.4. The Morgan fingerprint density at radius 2 is 1.90 bits per heavy atom. The third-order valence-corrected chi connectivity index (χ3v) is 5.14. The first-order valence-electron chi connectivity index (χ1n) is 7.77. The molecule has 0 aliphatic heterocycles. The van der Waals surface area contributed by atoms with Gasteiger partial charge in [0.2, 0.25) is 0 Å². The van der Waals surface area contributed by atoms with Crippen molar-refractivity contribution in [1.29, 1.82) is 0 Å². The first-order chi connectivity index (χ1) is 9.65. The van der Waals surface area contributed by atoms with Crippen molar-refractivity contribution >= 4 is 11.6 Å². The van der Waals surface area contributed by atoms with Gasteiger partial charge in [0.05, 0.1) is 0 Å². The lowest BCUT2D eigenvalue weighted by Gasteiger charge is -2.37. The van der Waals surface area contributed by atoms with E-state index >= 15 is 0 Å². The van der Waals surface area contributed by atoms with Crippen molar-refractivity contribution in [1.82, 2.24) is 4.90 Å². The van der Waals surface area contributed by atoms with Gasteiger partial charge in [-0.1, -0.05) is 49.1 Å². The molecule has 112 valence electrons. The van der Waals surface area contributed by atoms with Gasteiger partial charge >= 0.3 is 0 Å². The maximum atomic E-state index is 6.23. The molecule has 3 heteroatoms. The van der Waals surface area contributed by atoms with Crippen molar-refractivity contribution in [2.75, 3.05) is 20.1 Å². The molecule has 0 saturated heterocycles. The Balaban J connectivity index is 1.85. The second kappa shape index (κ2) is 7.44. The molecule has 0 bridgehead atoms. The molecule has 0 spiro atoms. The fourth-order valence-corrected chi connectivity index (χ4v) is 3.48. The van der Waals surface area contributed by atoms with Gasteiger partial charge in [-0.15, -0.1) is 0 Å². The Hall–Kier alpha value is -0.570. The zero-order valence-electron chi connectivity index (χ0n) is 12.6. The molecular formula is C17H27ClN2. The van der Waals surface area contributed by atoms with Crippen molar-refractivity contribution < 1.29 is 0 Å². The molecule has 2 nitrogen and oxygen atoms in total. The third kappa shape index (κ3) is 4.21. The van der Waals surface area contributed by atoms with Crippen molar-refractivity contribution in [3.05, 3.63) is 34.9 Å². The minimum absolute atomic E-state index is 0.396. The topological polar surface area (TPSA) is 29.3 Å². The molecule has 0 aromatic heterocycles. The van der Waals surface area contributed by atoms with Crippen molar-refractivity contribution in [3.8, 4) is 0 Å². The van der Waals surface area contributed by atoms with Gasteiger partial charge in [0.25, 0.3) is 0 Å². The van der Waals surface area contributed by atoms with E-state index in [4.69, 9.17) is 17.3 Å². The van der Waals surface area contributed by atoms with Crippen LogP contribution < -0.4 is 5.73 Å². The number of benzene rings is 1. The largest absolute Gasteiger partial charge is 0.330 e. The maximum Gasteiger partial charge on any atom is 0.0451 e. The Kier molecular flexibility index (Phi) is 5.88. The Morgan fingerprint density at radius 3 is 2.55 bits per heavy atom. The van der Waals surface area contributed by atoms with Crippen LogP contribution in [0.25, 0.3) is 0 Å². The summed E-state index contributed by atoms with van der Waals surface area (Å²) in [4.78, 5) is 2.37. The summed E-state index contributed by atoms with van der Waals surface area (Å²) in [5, 5.41) is 0.866. The fourth-order valence-electron chi connectivity index (χ4n) is 3.28. The maximum absolute atomic E-state index is 6.23. The number of halogens is 1. The van der Waals surface area contributed by atoms with Gasteiger partial charge in [0.15, 0.2) is 0 Å². The molecule has 0 amide bonds. The van der Waals surface area contributed by atoms with Crippen LogP contribution in [0.2, 0.25) is 5.02 Å². The van der Waals surface area contributed by atoms with Crippen LogP contribution in [0, 0.1) is 5.41 Å². The molecule has 0 atom stereocenters. The number of nitrogens with zero attached hydrogens (tertiary/aromatic N) is 1. The smallest absolute Gasteiger partial charge is 0.0451 e. The highest BCUT2D eigenvalue weighted by Gasteiger charge is 2.30. The molecule has 1 aromatic carbocycles. The normalized spacial score (nSPS) is 18.4. The molecule has 1 aliphatic carbocycles. The number of hydrogen-bond acceptors (Lipinski definition) is 2. The fraction of sp³-hybridized carbons (Fsp3) is 0.647. The average molecular weight is 295 g/mol. The van der Waals surface area contributed by atoms with E-state index in [0.29, 0.717) is 5.41 Å². The molecule has 2 N–H and O–H groups in total. The molecule has 1 aliphatic rings.